The Labute approximate surface area is 128 Å². The van der Waals surface area contributed by atoms with Gasteiger partial charge < -0.3 is 15.1 Å². The molecule has 2 unspecified atom stereocenters. The Balaban J connectivity index is 2.41. The van der Waals surface area contributed by atoms with Crippen LogP contribution in [0.15, 0.2) is 0 Å². The molecule has 0 radical (unpaired) electrons. The zero-order valence-corrected chi connectivity index (χ0v) is 14.2. The molecule has 5 heteroatoms. The Morgan fingerprint density at radius 3 is 2.19 bits per heavy atom. The number of amides is 2. The number of rotatable bonds is 0. The Kier molecular flexibility index (Phi) is 4.08. The van der Waals surface area contributed by atoms with Crippen molar-refractivity contribution in [1.82, 2.24) is 15.1 Å². The van der Waals surface area contributed by atoms with Crippen LogP contribution in [0.25, 0.3) is 0 Å². The van der Waals surface area contributed by atoms with Crippen molar-refractivity contribution < 1.29 is 9.59 Å². The molecule has 2 saturated heterocycles. The first kappa shape index (κ1) is 16.3. The van der Waals surface area contributed by atoms with Crippen LogP contribution in [0.4, 0.5) is 0 Å². The van der Waals surface area contributed by atoms with Gasteiger partial charge in [0.05, 0.1) is 6.54 Å². The number of piperazine rings is 1. The van der Waals surface area contributed by atoms with Gasteiger partial charge in [0.2, 0.25) is 11.8 Å². The van der Waals surface area contributed by atoms with Gasteiger partial charge in [-0.2, -0.15) is 0 Å². The molecule has 2 aliphatic rings. The van der Waals surface area contributed by atoms with Crippen LogP contribution in [0, 0.1) is 0 Å². The molecule has 2 amide bonds. The molecule has 0 saturated carbocycles. The van der Waals surface area contributed by atoms with E-state index in [0.29, 0.717) is 6.54 Å². The summed E-state index contributed by atoms with van der Waals surface area (Å²) in [7, 11) is 0. The first-order valence-electron chi connectivity index (χ1n) is 7.90. The van der Waals surface area contributed by atoms with E-state index in [1.54, 1.807) is 4.90 Å². The lowest BCUT2D eigenvalue weighted by molar-refractivity contribution is -0.157. The van der Waals surface area contributed by atoms with E-state index in [1.807, 2.05) is 25.7 Å². The second-order valence-corrected chi connectivity index (χ2v) is 8.17. The molecule has 0 aromatic carbocycles. The topological polar surface area (TPSA) is 52.7 Å². The highest BCUT2D eigenvalue weighted by Crippen LogP contribution is 2.30. The van der Waals surface area contributed by atoms with Crippen LogP contribution in [0.1, 0.15) is 54.4 Å². The van der Waals surface area contributed by atoms with Gasteiger partial charge in [0, 0.05) is 23.7 Å². The molecule has 2 heterocycles. The van der Waals surface area contributed by atoms with E-state index < -0.39 is 0 Å². The maximum Gasteiger partial charge on any atom is 0.247 e. The van der Waals surface area contributed by atoms with Crippen molar-refractivity contribution in [2.45, 2.75) is 77.5 Å². The van der Waals surface area contributed by atoms with Crippen LogP contribution in [0.5, 0.6) is 0 Å². The fraction of sp³-hybridized carbons (Fsp3) is 0.875. The highest BCUT2D eigenvalue weighted by molar-refractivity contribution is 5.91. The summed E-state index contributed by atoms with van der Waals surface area (Å²) in [5.41, 5.74) is -0.554. The summed E-state index contributed by atoms with van der Waals surface area (Å²) in [6, 6.07) is -0.310. The zero-order chi connectivity index (χ0) is 16.0. The minimum absolute atomic E-state index is 0.0212. The maximum atomic E-state index is 13.1. The number of fused-ring (bicyclic) bond motifs is 1. The minimum atomic E-state index is -0.382. The van der Waals surface area contributed by atoms with Crippen molar-refractivity contribution >= 4 is 11.8 Å². The average molecular weight is 295 g/mol. The van der Waals surface area contributed by atoms with Gasteiger partial charge in [-0.3, -0.25) is 9.59 Å². The smallest absolute Gasteiger partial charge is 0.247 e. The summed E-state index contributed by atoms with van der Waals surface area (Å²) >= 11 is 0. The van der Waals surface area contributed by atoms with Gasteiger partial charge in [-0.1, -0.05) is 0 Å². The largest absolute Gasteiger partial charge is 0.336 e. The van der Waals surface area contributed by atoms with E-state index in [1.165, 1.54) is 0 Å². The molecule has 2 atom stereocenters. The Hall–Kier alpha value is -1.10. The summed E-state index contributed by atoms with van der Waals surface area (Å²) < 4.78 is 0. The van der Waals surface area contributed by atoms with Crippen molar-refractivity contribution in [1.29, 1.82) is 0 Å². The number of hydrogen-bond donors (Lipinski definition) is 1. The van der Waals surface area contributed by atoms with Gasteiger partial charge >= 0.3 is 0 Å². The van der Waals surface area contributed by atoms with E-state index in [2.05, 4.69) is 26.1 Å². The number of carbonyl (C=O) groups is 2. The molecule has 2 aliphatic heterocycles. The zero-order valence-electron chi connectivity index (χ0n) is 14.2. The van der Waals surface area contributed by atoms with Crippen LogP contribution in [-0.2, 0) is 9.59 Å². The van der Waals surface area contributed by atoms with Gasteiger partial charge in [-0.25, -0.2) is 0 Å². The highest BCUT2D eigenvalue weighted by Gasteiger charge is 2.48. The quantitative estimate of drug-likeness (QED) is 0.734. The maximum absolute atomic E-state index is 13.1. The lowest BCUT2D eigenvalue weighted by Crippen LogP contribution is -2.70. The number of carbonyl (C=O) groups excluding carboxylic acids is 2. The number of hydrogen-bond acceptors (Lipinski definition) is 3. The number of nitrogens with one attached hydrogen (secondary N) is 1. The molecule has 0 aliphatic carbocycles. The molecular weight excluding hydrogens is 266 g/mol. The summed E-state index contributed by atoms with van der Waals surface area (Å²) in [4.78, 5) is 29.3. The summed E-state index contributed by atoms with van der Waals surface area (Å²) in [5, 5.41) is 3.28. The van der Waals surface area contributed by atoms with Gasteiger partial charge in [-0.15, -0.1) is 0 Å². The first-order chi connectivity index (χ1) is 9.53. The van der Waals surface area contributed by atoms with Gasteiger partial charge in [0.25, 0.3) is 0 Å². The van der Waals surface area contributed by atoms with Gasteiger partial charge in [0.1, 0.15) is 6.04 Å². The third kappa shape index (κ3) is 3.07. The predicted octanol–water partition coefficient (Wildman–Crippen LogP) is 1.37. The highest BCUT2D eigenvalue weighted by atomic mass is 16.2. The van der Waals surface area contributed by atoms with Crippen LogP contribution in [-0.4, -0.2) is 57.9 Å². The second kappa shape index (κ2) is 5.27. The molecule has 5 nitrogen and oxygen atoms in total. The van der Waals surface area contributed by atoms with Crippen molar-refractivity contribution in [2.75, 3.05) is 13.1 Å². The van der Waals surface area contributed by atoms with E-state index in [9.17, 15) is 9.59 Å². The molecule has 21 heavy (non-hydrogen) atoms. The van der Waals surface area contributed by atoms with E-state index >= 15 is 0 Å². The Morgan fingerprint density at radius 1 is 1.05 bits per heavy atom. The third-order valence-corrected chi connectivity index (χ3v) is 4.39. The van der Waals surface area contributed by atoms with Gasteiger partial charge in [-0.05, 0) is 54.4 Å². The van der Waals surface area contributed by atoms with E-state index in [4.69, 9.17) is 0 Å². The summed E-state index contributed by atoms with van der Waals surface area (Å²) in [6.45, 7) is 13.3. The molecular formula is C16H29N3O2. The van der Waals surface area contributed by atoms with E-state index in [-0.39, 0.29) is 35.0 Å². The monoisotopic (exact) mass is 295 g/mol. The van der Waals surface area contributed by atoms with Crippen LogP contribution < -0.4 is 5.32 Å². The number of likely N-dealkylation sites (tertiary alicyclic amines) is 1. The number of nitrogens with zero attached hydrogens (tertiary/aromatic N) is 2. The summed E-state index contributed by atoms with van der Waals surface area (Å²) in [6.07, 6.45) is 1.91. The minimum Gasteiger partial charge on any atom is -0.336 e. The first-order valence-corrected chi connectivity index (χ1v) is 7.90. The third-order valence-electron chi connectivity index (χ3n) is 4.39. The SMILES string of the molecule is CC(C)(C)N1CCCC2NCC(=O)N(C(C)(C)C)C2C1=O. The molecule has 1 N–H and O–H groups in total. The molecule has 0 bridgehead atoms. The van der Waals surface area contributed by atoms with Crippen molar-refractivity contribution in [3.05, 3.63) is 0 Å². The van der Waals surface area contributed by atoms with Crippen LogP contribution in [0.2, 0.25) is 0 Å². The molecule has 0 aromatic rings. The lowest BCUT2D eigenvalue weighted by atomic mass is 9.92. The standard InChI is InChI=1S/C16H29N3O2/c1-15(2,3)18-9-7-8-11-13(14(18)21)19(16(4,5)6)12(20)10-17-11/h11,13,17H,7-10H2,1-6H3. The molecule has 2 fully saturated rings. The predicted molar refractivity (Wildman–Crippen MR) is 82.9 cm³/mol. The van der Waals surface area contributed by atoms with Gasteiger partial charge in [0.15, 0.2) is 0 Å². The lowest BCUT2D eigenvalue weighted by Gasteiger charge is -2.49. The average Bonchev–Trinajstić information content (AvgIpc) is 2.47. The normalized spacial score (nSPS) is 28.5. The molecule has 2 rings (SSSR count). The fourth-order valence-corrected chi connectivity index (χ4v) is 3.49. The molecule has 0 aromatic heterocycles. The second-order valence-electron chi connectivity index (χ2n) is 8.17. The van der Waals surface area contributed by atoms with Crippen molar-refractivity contribution in [3.63, 3.8) is 0 Å². The van der Waals surface area contributed by atoms with Crippen LogP contribution >= 0.6 is 0 Å². The van der Waals surface area contributed by atoms with Crippen LogP contribution in [0.3, 0.4) is 0 Å². The van der Waals surface area contributed by atoms with Crippen molar-refractivity contribution in [2.24, 2.45) is 0 Å². The van der Waals surface area contributed by atoms with E-state index in [0.717, 1.165) is 19.4 Å². The molecule has 0 spiro atoms. The Morgan fingerprint density at radius 2 is 1.67 bits per heavy atom. The van der Waals surface area contributed by atoms with Crippen molar-refractivity contribution in [3.8, 4) is 0 Å². The Bertz CT molecular complexity index is 434. The summed E-state index contributed by atoms with van der Waals surface area (Å²) in [5.74, 6) is 0.105. The fourth-order valence-electron chi connectivity index (χ4n) is 3.49. The molecule has 120 valence electrons.